The van der Waals surface area contributed by atoms with E-state index < -0.39 is 32.9 Å². The summed E-state index contributed by atoms with van der Waals surface area (Å²) < 4.78 is 4.45. The summed E-state index contributed by atoms with van der Waals surface area (Å²) in [5.41, 5.74) is 0.226. The number of aliphatic hydroxyl groups excluding tert-OH is 1. The van der Waals surface area contributed by atoms with Crippen molar-refractivity contribution in [2.24, 2.45) is 17.3 Å². The number of carbonyl (C=O) groups is 3. The molecule has 0 aliphatic carbocycles. The highest BCUT2D eigenvalue weighted by molar-refractivity contribution is 8.02. The third-order valence-electron chi connectivity index (χ3n) is 8.73. The number of hydrogen-bond acceptors (Lipinski definition) is 6. The van der Waals surface area contributed by atoms with Crippen LogP contribution in [-0.4, -0.2) is 68.6 Å². The number of hydrogen-bond donors (Lipinski definition) is 3. The van der Waals surface area contributed by atoms with Gasteiger partial charge in [0, 0.05) is 29.1 Å². The molecule has 3 heterocycles. The fourth-order valence-corrected chi connectivity index (χ4v) is 10.1. The number of ether oxygens (including phenoxy) is 1. The van der Waals surface area contributed by atoms with E-state index in [1.165, 1.54) is 0 Å². The second kappa shape index (κ2) is 11.8. The van der Waals surface area contributed by atoms with Crippen LogP contribution in [0.1, 0.15) is 87.0 Å². The predicted molar refractivity (Wildman–Crippen MR) is 164 cm³/mol. The average Bonchev–Trinajstić information content (AvgIpc) is 3.42. The van der Waals surface area contributed by atoms with Gasteiger partial charge in [0.25, 0.3) is 0 Å². The number of carbonyl (C=O) groups excluding carboxylic acids is 3. The molecule has 1 spiro atoms. The number of aliphatic hydroxyl groups is 1. The van der Waals surface area contributed by atoms with E-state index in [0.29, 0.717) is 31.7 Å². The molecule has 3 aliphatic rings. The lowest BCUT2D eigenvalue weighted by Crippen LogP contribution is -2.58. The monoisotopic (exact) mass is 587 g/mol. The smallest absolute Gasteiger partial charge is 0.244 e. The Labute approximate surface area is 249 Å². The lowest BCUT2D eigenvalue weighted by atomic mass is 9.66. The van der Waals surface area contributed by atoms with Crippen LogP contribution < -0.4 is 15.4 Å². The molecule has 3 N–H and O–H groups in total. The molecule has 2 bridgehead atoms. The maximum absolute atomic E-state index is 14.3. The first-order valence-electron chi connectivity index (χ1n) is 15.1. The van der Waals surface area contributed by atoms with Crippen molar-refractivity contribution >= 4 is 35.2 Å². The predicted octanol–water partition coefficient (Wildman–Crippen LogP) is 5.00. The van der Waals surface area contributed by atoms with Gasteiger partial charge in [0.2, 0.25) is 17.7 Å². The van der Waals surface area contributed by atoms with E-state index in [4.69, 9.17) is 4.74 Å². The first-order valence-corrected chi connectivity index (χ1v) is 16.0. The second-order valence-electron chi connectivity index (χ2n) is 14.1. The molecule has 1 aromatic carbocycles. The summed E-state index contributed by atoms with van der Waals surface area (Å²) in [5.74, 6) is -0.752. The topological polar surface area (TPSA) is 108 Å². The van der Waals surface area contributed by atoms with Crippen LogP contribution in [0, 0.1) is 17.3 Å². The van der Waals surface area contributed by atoms with Crippen LogP contribution in [0.2, 0.25) is 0 Å². The summed E-state index contributed by atoms with van der Waals surface area (Å²) in [7, 11) is 0. The Morgan fingerprint density at radius 3 is 2.37 bits per heavy atom. The Kier molecular flexibility index (Phi) is 9.11. The normalized spacial score (nSPS) is 29.0. The van der Waals surface area contributed by atoms with Crippen LogP contribution in [0.15, 0.2) is 24.3 Å². The second-order valence-corrected chi connectivity index (χ2v) is 16.0. The first kappa shape index (κ1) is 31.7. The van der Waals surface area contributed by atoms with Gasteiger partial charge < -0.3 is 25.4 Å². The standard InChI is InChI=1S/C32H49N3O5S/c1-8-40-22-14-12-21(13-15-22)33-26(37)23-24-28(39)35(18-10-9-11-19-36)25(32(24)17-16-31(23,7)41-32)27(38)34-30(5,6)20-29(2,3)4/h12-15,23-25,36H,8-11,16-20H2,1-7H3,(H,33,37)(H,34,38)/t23-,24+,25?,31+,32?/m1/s1. The minimum absolute atomic E-state index is 0.0190. The van der Waals surface area contributed by atoms with Crippen LogP contribution in [0.4, 0.5) is 5.69 Å². The lowest BCUT2D eigenvalue weighted by Gasteiger charge is -2.38. The Hall–Kier alpha value is -2.26. The van der Waals surface area contributed by atoms with Gasteiger partial charge in [-0.2, -0.15) is 0 Å². The van der Waals surface area contributed by atoms with Crippen LogP contribution >= 0.6 is 11.8 Å². The fraction of sp³-hybridized carbons (Fsp3) is 0.719. The molecule has 0 aromatic heterocycles. The Balaban J connectivity index is 1.63. The van der Waals surface area contributed by atoms with Crippen molar-refractivity contribution in [2.75, 3.05) is 25.1 Å². The number of amides is 3. The fourth-order valence-electron chi connectivity index (χ4n) is 7.73. The van der Waals surface area contributed by atoms with E-state index in [0.717, 1.165) is 31.4 Å². The van der Waals surface area contributed by atoms with E-state index in [1.54, 1.807) is 16.7 Å². The minimum Gasteiger partial charge on any atom is -0.494 e. The number of rotatable bonds is 12. The molecule has 228 valence electrons. The molecule has 3 saturated heterocycles. The summed E-state index contributed by atoms with van der Waals surface area (Å²) in [4.78, 5) is 44.1. The maximum Gasteiger partial charge on any atom is 0.244 e. The van der Waals surface area contributed by atoms with Gasteiger partial charge in [-0.3, -0.25) is 14.4 Å². The molecule has 3 aliphatic heterocycles. The van der Waals surface area contributed by atoms with Crippen molar-refractivity contribution in [3.05, 3.63) is 24.3 Å². The number of nitrogens with one attached hydrogen (secondary N) is 2. The van der Waals surface area contributed by atoms with E-state index in [1.807, 2.05) is 45.0 Å². The molecule has 2 unspecified atom stereocenters. The van der Waals surface area contributed by atoms with Gasteiger partial charge in [0.1, 0.15) is 11.8 Å². The Bertz CT molecular complexity index is 1130. The van der Waals surface area contributed by atoms with E-state index in [2.05, 4.69) is 38.3 Å². The van der Waals surface area contributed by atoms with Gasteiger partial charge in [-0.1, -0.05) is 20.8 Å². The molecule has 0 saturated carbocycles. The molecule has 0 radical (unpaired) electrons. The highest BCUT2D eigenvalue weighted by atomic mass is 32.2. The molecule has 9 heteroatoms. The largest absolute Gasteiger partial charge is 0.494 e. The molecule has 5 atom stereocenters. The maximum atomic E-state index is 14.3. The van der Waals surface area contributed by atoms with Gasteiger partial charge in [-0.25, -0.2) is 0 Å². The van der Waals surface area contributed by atoms with E-state index in [-0.39, 0.29) is 29.7 Å². The number of fused-ring (bicyclic) bond motifs is 1. The van der Waals surface area contributed by atoms with Gasteiger partial charge in [-0.15, -0.1) is 11.8 Å². The van der Waals surface area contributed by atoms with Crippen molar-refractivity contribution in [1.29, 1.82) is 0 Å². The zero-order valence-corrected chi connectivity index (χ0v) is 26.7. The van der Waals surface area contributed by atoms with E-state index in [9.17, 15) is 19.5 Å². The van der Waals surface area contributed by atoms with Crippen LogP contribution in [0.5, 0.6) is 5.75 Å². The first-order chi connectivity index (χ1) is 19.2. The molecule has 8 nitrogen and oxygen atoms in total. The summed E-state index contributed by atoms with van der Waals surface area (Å²) in [6, 6.07) is 6.65. The number of unbranched alkanes of at least 4 members (excludes halogenated alkanes) is 2. The SMILES string of the molecule is CCOc1ccc(NC(=O)[C@H]2[C@H]3C(=O)N(CCCCCO)C(C(=O)NC(C)(C)CC(C)(C)C)C34CC[C@]2(C)S4)cc1. The minimum atomic E-state index is -0.647. The van der Waals surface area contributed by atoms with Crippen LogP contribution in [0.3, 0.4) is 0 Å². The molecule has 1 aromatic rings. The number of anilines is 1. The molecular formula is C32H49N3O5S. The third kappa shape index (κ3) is 6.41. The Morgan fingerprint density at radius 1 is 1.07 bits per heavy atom. The van der Waals surface area contributed by atoms with Crippen molar-refractivity contribution in [2.45, 2.75) is 108 Å². The van der Waals surface area contributed by atoms with Gasteiger partial charge >= 0.3 is 0 Å². The summed E-state index contributed by atoms with van der Waals surface area (Å²) in [6.45, 7) is 15.7. The van der Waals surface area contributed by atoms with Gasteiger partial charge in [-0.05, 0) is 95.9 Å². The van der Waals surface area contributed by atoms with Crippen molar-refractivity contribution < 1.29 is 24.2 Å². The Morgan fingerprint density at radius 2 is 1.76 bits per heavy atom. The highest BCUT2D eigenvalue weighted by Crippen LogP contribution is 2.71. The third-order valence-corrected chi connectivity index (χ3v) is 10.7. The molecule has 3 amide bonds. The molecule has 41 heavy (non-hydrogen) atoms. The van der Waals surface area contributed by atoms with Crippen molar-refractivity contribution in [3.8, 4) is 5.75 Å². The molecule has 4 rings (SSSR count). The van der Waals surface area contributed by atoms with Crippen molar-refractivity contribution in [1.82, 2.24) is 10.2 Å². The van der Waals surface area contributed by atoms with Gasteiger partial charge in [0.05, 0.1) is 23.2 Å². The zero-order valence-electron chi connectivity index (χ0n) is 25.8. The van der Waals surface area contributed by atoms with Gasteiger partial charge in [0.15, 0.2) is 0 Å². The number of likely N-dealkylation sites (tertiary alicyclic amines) is 1. The van der Waals surface area contributed by atoms with Crippen LogP contribution in [-0.2, 0) is 14.4 Å². The summed E-state index contributed by atoms with van der Waals surface area (Å²) >= 11 is 1.69. The quantitative estimate of drug-likeness (QED) is 0.297. The highest BCUT2D eigenvalue weighted by Gasteiger charge is 2.77. The summed E-state index contributed by atoms with van der Waals surface area (Å²) in [6.07, 6.45) is 4.42. The molecule has 3 fully saturated rings. The number of thioether (sulfide) groups is 1. The molecular weight excluding hydrogens is 538 g/mol. The van der Waals surface area contributed by atoms with Crippen LogP contribution in [0.25, 0.3) is 0 Å². The van der Waals surface area contributed by atoms with Crippen molar-refractivity contribution in [3.63, 3.8) is 0 Å². The lowest BCUT2D eigenvalue weighted by molar-refractivity contribution is -0.140. The summed E-state index contributed by atoms with van der Waals surface area (Å²) in [5, 5.41) is 15.7. The number of nitrogens with zero attached hydrogens (tertiary/aromatic N) is 1. The average molecular weight is 588 g/mol. The number of benzene rings is 1. The van der Waals surface area contributed by atoms with E-state index >= 15 is 0 Å². The zero-order chi connectivity index (χ0) is 30.2.